The number of nitrogens with one attached hydrogen (secondary N) is 2. The maximum absolute atomic E-state index is 4.67. The van der Waals surface area contributed by atoms with Crippen LogP contribution in [0.3, 0.4) is 0 Å². The van der Waals surface area contributed by atoms with Crippen LogP contribution in [-0.4, -0.2) is 24.5 Å². The van der Waals surface area contributed by atoms with Crippen molar-refractivity contribution < 1.29 is 0 Å². The third-order valence-corrected chi connectivity index (χ3v) is 5.67. The Hall–Kier alpha value is -1.15. The number of halogens is 1. The van der Waals surface area contributed by atoms with Gasteiger partial charge in [0.05, 0.1) is 12.2 Å². The second-order valence-electron chi connectivity index (χ2n) is 7.26. The molecule has 1 aliphatic rings. The van der Waals surface area contributed by atoms with E-state index >= 15 is 0 Å². The van der Waals surface area contributed by atoms with Crippen LogP contribution in [0.1, 0.15) is 48.9 Å². The van der Waals surface area contributed by atoms with Crippen molar-refractivity contribution in [2.75, 3.05) is 13.6 Å². The number of aromatic nitrogens is 1. The maximum atomic E-state index is 4.67. The molecule has 26 heavy (non-hydrogen) atoms. The van der Waals surface area contributed by atoms with Crippen molar-refractivity contribution >= 4 is 41.3 Å². The number of thiazole rings is 1. The number of benzene rings is 1. The van der Waals surface area contributed by atoms with Crippen LogP contribution in [0.5, 0.6) is 0 Å². The Kier molecular flexibility index (Phi) is 7.88. The van der Waals surface area contributed by atoms with Gasteiger partial charge in [0.15, 0.2) is 5.96 Å². The summed E-state index contributed by atoms with van der Waals surface area (Å²) in [6, 6.07) is 10.8. The van der Waals surface area contributed by atoms with Gasteiger partial charge < -0.3 is 10.6 Å². The number of hydrogen-bond acceptors (Lipinski definition) is 3. The van der Waals surface area contributed by atoms with Crippen molar-refractivity contribution in [3.8, 4) is 0 Å². The van der Waals surface area contributed by atoms with Gasteiger partial charge in [-0.15, -0.1) is 35.3 Å². The summed E-state index contributed by atoms with van der Waals surface area (Å²) < 4.78 is 0. The average molecular weight is 484 g/mol. The van der Waals surface area contributed by atoms with Crippen molar-refractivity contribution in [2.45, 2.75) is 45.6 Å². The molecule has 1 fully saturated rings. The van der Waals surface area contributed by atoms with E-state index in [1.54, 1.807) is 11.3 Å². The number of aliphatic imine (C=N–C) groups is 1. The van der Waals surface area contributed by atoms with Gasteiger partial charge in [0, 0.05) is 19.0 Å². The van der Waals surface area contributed by atoms with Gasteiger partial charge >= 0.3 is 0 Å². The molecule has 0 spiro atoms. The molecule has 3 rings (SSSR count). The van der Waals surface area contributed by atoms with Crippen LogP contribution in [0.25, 0.3) is 0 Å². The molecule has 0 aliphatic heterocycles. The third kappa shape index (κ3) is 5.94. The lowest BCUT2D eigenvalue weighted by Gasteiger charge is -2.18. The summed E-state index contributed by atoms with van der Waals surface area (Å²) in [6.07, 6.45) is 3.72. The number of guanidine groups is 1. The van der Waals surface area contributed by atoms with Gasteiger partial charge in [0.25, 0.3) is 0 Å². The van der Waals surface area contributed by atoms with E-state index in [-0.39, 0.29) is 24.0 Å². The predicted octanol–water partition coefficient (Wildman–Crippen LogP) is 4.57. The molecule has 0 saturated heterocycles. The first-order valence-corrected chi connectivity index (χ1v) is 9.91. The molecule has 1 aromatic heterocycles. The highest BCUT2D eigenvalue weighted by atomic mass is 127. The van der Waals surface area contributed by atoms with E-state index in [9.17, 15) is 0 Å². The maximum Gasteiger partial charge on any atom is 0.191 e. The molecule has 1 heterocycles. The Labute approximate surface area is 177 Å². The minimum Gasteiger partial charge on any atom is -0.356 e. The monoisotopic (exact) mass is 484 g/mol. The van der Waals surface area contributed by atoms with E-state index in [0.29, 0.717) is 11.3 Å². The molecular formula is C20H29IN4S. The highest BCUT2D eigenvalue weighted by molar-refractivity contribution is 14.0. The van der Waals surface area contributed by atoms with Crippen molar-refractivity contribution in [1.82, 2.24) is 15.6 Å². The summed E-state index contributed by atoms with van der Waals surface area (Å²) in [7, 11) is 1.83. The van der Waals surface area contributed by atoms with E-state index in [0.717, 1.165) is 30.5 Å². The quantitative estimate of drug-likeness (QED) is 0.344. The minimum absolute atomic E-state index is 0. The Bertz CT molecular complexity index is 708. The third-order valence-electron chi connectivity index (χ3n) is 4.80. The zero-order valence-corrected chi connectivity index (χ0v) is 18.9. The number of hydrogen-bond donors (Lipinski definition) is 2. The van der Waals surface area contributed by atoms with Crippen LogP contribution in [0, 0.1) is 5.41 Å². The summed E-state index contributed by atoms with van der Waals surface area (Å²) in [6.45, 7) is 6.04. The Balaban J connectivity index is 0.00000243. The van der Waals surface area contributed by atoms with Gasteiger partial charge in [-0.2, -0.15) is 0 Å². The Morgan fingerprint density at radius 1 is 1.23 bits per heavy atom. The molecular weight excluding hydrogens is 455 g/mol. The summed E-state index contributed by atoms with van der Waals surface area (Å²) in [5.74, 6) is 1.34. The van der Waals surface area contributed by atoms with E-state index in [1.807, 2.05) is 7.05 Å². The molecule has 0 amide bonds. The molecule has 142 valence electrons. The van der Waals surface area contributed by atoms with Crippen molar-refractivity contribution in [3.63, 3.8) is 0 Å². The fraction of sp³-hybridized carbons (Fsp3) is 0.500. The molecule has 6 heteroatoms. The van der Waals surface area contributed by atoms with Gasteiger partial charge in [0.2, 0.25) is 0 Å². The van der Waals surface area contributed by atoms with Crippen LogP contribution in [0.4, 0.5) is 0 Å². The molecule has 2 aromatic rings. The first-order valence-electron chi connectivity index (χ1n) is 9.03. The lowest BCUT2D eigenvalue weighted by Crippen LogP contribution is -2.40. The SMILES string of the molecule is CN=C(NCc1nc(C(C)C)cs1)NCC1(Cc2ccccc2)CC1.I. The Morgan fingerprint density at radius 2 is 1.96 bits per heavy atom. The molecule has 0 atom stereocenters. The molecule has 0 unspecified atom stereocenters. The first-order chi connectivity index (χ1) is 12.1. The molecule has 1 aliphatic carbocycles. The summed E-state index contributed by atoms with van der Waals surface area (Å²) >= 11 is 1.71. The molecule has 1 aromatic carbocycles. The van der Waals surface area contributed by atoms with Gasteiger partial charge in [-0.3, -0.25) is 4.99 Å². The first kappa shape index (κ1) is 21.2. The van der Waals surface area contributed by atoms with Gasteiger partial charge in [0.1, 0.15) is 5.01 Å². The highest BCUT2D eigenvalue weighted by Gasteiger charge is 2.42. The fourth-order valence-electron chi connectivity index (χ4n) is 2.94. The zero-order chi connectivity index (χ0) is 17.7. The minimum atomic E-state index is 0. The largest absolute Gasteiger partial charge is 0.356 e. The van der Waals surface area contributed by atoms with Crippen LogP contribution in [0.15, 0.2) is 40.7 Å². The lowest BCUT2D eigenvalue weighted by atomic mass is 9.96. The Morgan fingerprint density at radius 3 is 2.54 bits per heavy atom. The van der Waals surface area contributed by atoms with Crippen molar-refractivity contribution in [1.29, 1.82) is 0 Å². The second kappa shape index (κ2) is 9.69. The van der Waals surface area contributed by atoms with Gasteiger partial charge in [-0.05, 0) is 36.2 Å². The van der Waals surface area contributed by atoms with E-state index in [4.69, 9.17) is 0 Å². The van der Waals surface area contributed by atoms with Crippen LogP contribution in [-0.2, 0) is 13.0 Å². The smallest absolute Gasteiger partial charge is 0.191 e. The normalized spacial score (nSPS) is 15.5. The van der Waals surface area contributed by atoms with E-state index in [2.05, 4.69) is 70.2 Å². The van der Waals surface area contributed by atoms with Crippen molar-refractivity contribution in [2.24, 2.45) is 10.4 Å². The van der Waals surface area contributed by atoms with Gasteiger partial charge in [-0.25, -0.2) is 4.98 Å². The summed E-state index contributed by atoms with van der Waals surface area (Å²) in [5.41, 5.74) is 2.99. The average Bonchev–Trinajstić information content (AvgIpc) is 3.20. The second-order valence-corrected chi connectivity index (χ2v) is 8.21. The zero-order valence-electron chi connectivity index (χ0n) is 15.8. The van der Waals surface area contributed by atoms with E-state index in [1.165, 1.54) is 24.1 Å². The topological polar surface area (TPSA) is 49.3 Å². The van der Waals surface area contributed by atoms with E-state index < -0.39 is 0 Å². The molecule has 0 bridgehead atoms. The van der Waals surface area contributed by atoms with Crippen LogP contribution >= 0.6 is 35.3 Å². The predicted molar refractivity (Wildman–Crippen MR) is 122 cm³/mol. The number of rotatable bonds is 7. The lowest BCUT2D eigenvalue weighted by molar-refractivity contribution is 0.492. The summed E-state index contributed by atoms with van der Waals surface area (Å²) in [5, 5.41) is 10.2. The van der Waals surface area contributed by atoms with Crippen LogP contribution < -0.4 is 10.6 Å². The van der Waals surface area contributed by atoms with Gasteiger partial charge in [-0.1, -0.05) is 44.2 Å². The molecule has 0 radical (unpaired) electrons. The summed E-state index contributed by atoms with van der Waals surface area (Å²) in [4.78, 5) is 9.02. The standard InChI is InChI=1S/C20H28N4S.HI/c1-15(2)17-13-25-18(24-17)12-22-19(21-3)23-14-20(9-10-20)11-16-7-5-4-6-8-16;/h4-8,13,15H,9-12,14H2,1-3H3,(H2,21,22,23);1H. The molecule has 4 nitrogen and oxygen atoms in total. The van der Waals surface area contributed by atoms with Crippen molar-refractivity contribution in [3.05, 3.63) is 52.0 Å². The number of nitrogens with zero attached hydrogens (tertiary/aromatic N) is 2. The molecule has 2 N–H and O–H groups in total. The van der Waals surface area contributed by atoms with Crippen LogP contribution in [0.2, 0.25) is 0 Å². The molecule has 1 saturated carbocycles. The fourth-order valence-corrected chi connectivity index (χ4v) is 3.84. The highest BCUT2D eigenvalue weighted by Crippen LogP contribution is 2.47.